The van der Waals surface area contributed by atoms with Gasteiger partial charge in [-0.15, -0.1) is 0 Å². The minimum absolute atomic E-state index is 0.0319. The monoisotopic (exact) mass is 380 g/mol. The Morgan fingerprint density at radius 3 is 2.64 bits per heavy atom. The minimum atomic E-state index is 0.0319. The van der Waals surface area contributed by atoms with Crippen LogP contribution in [0.25, 0.3) is 0 Å². The van der Waals surface area contributed by atoms with E-state index in [0.29, 0.717) is 12.6 Å². The van der Waals surface area contributed by atoms with Crippen molar-refractivity contribution in [3.05, 3.63) is 66.0 Å². The molecule has 148 valence electrons. The summed E-state index contributed by atoms with van der Waals surface area (Å²) in [5.41, 5.74) is 2.33. The highest BCUT2D eigenvalue weighted by Crippen LogP contribution is 2.39. The highest BCUT2D eigenvalue weighted by Gasteiger charge is 2.44. The van der Waals surface area contributed by atoms with Gasteiger partial charge in [-0.1, -0.05) is 36.4 Å². The highest BCUT2D eigenvalue weighted by molar-refractivity contribution is 5.74. The average molecular weight is 380 g/mol. The topological polar surface area (TPSA) is 57.7 Å². The number of aromatic nitrogens is 1. The van der Waals surface area contributed by atoms with Crippen LogP contribution in [-0.2, 0) is 11.3 Å². The van der Waals surface area contributed by atoms with E-state index in [0.717, 1.165) is 38.0 Å². The van der Waals surface area contributed by atoms with Crippen LogP contribution in [0, 0.1) is 0 Å². The van der Waals surface area contributed by atoms with Crippen molar-refractivity contribution in [1.82, 2.24) is 20.1 Å². The standard InChI is InChI=1S/C22H28N4O2/c1-28-20-16-26(21(20)18-8-5-11-23-15-18)19-9-12-25(13-10-19)22(27)24-14-17-6-3-2-4-7-17/h2-8,11,15,19-21H,9-10,12-14,16H2,1H3,(H,24,27)/t20-,21-/m0/s1. The summed E-state index contributed by atoms with van der Waals surface area (Å²) in [5, 5.41) is 3.04. The maximum absolute atomic E-state index is 12.5. The van der Waals surface area contributed by atoms with Gasteiger partial charge in [0.25, 0.3) is 0 Å². The number of ether oxygens (including phenoxy) is 1. The van der Waals surface area contributed by atoms with Gasteiger partial charge in [0.1, 0.15) is 0 Å². The summed E-state index contributed by atoms with van der Waals surface area (Å²) >= 11 is 0. The Morgan fingerprint density at radius 1 is 1.18 bits per heavy atom. The molecule has 0 saturated carbocycles. The number of piperidine rings is 1. The van der Waals surface area contributed by atoms with Crippen LogP contribution >= 0.6 is 0 Å². The van der Waals surface area contributed by atoms with Gasteiger partial charge in [-0.25, -0.2) is 4.79 Å². The number of carbonyl (C=O) groups is 1. The van der Waals surface area contributed by atoms with Crippen LogP contribution < -0.4 is 5.32 Å². The lowest BCUT2D eigenvalue weighted by Crippen LogP contribution is -2.60. The highest BCUT2D eigenvalue weighted by atomic mass is 16.5. The van der Waals surface area contributed by atoms with E-state index in [-0.39, 0.29) is 18.2 Å². The molecule has 0 unspecified atom stereocenters. The van der Waals surface area contributed by atoms with Crippen LogP contribution in [0.4, 0.5) is 4.79 Å². The Kier molecular flexibility index (Phi) is 5.88. The normalized spacial score (nSPS) is 23.2. The summed E-state index contributed by atoms with van der Waals surface area (Å²) in [5.74, 6) is 0. The molecule has 1 N–H and O–H groups in total. The largest absolute Gasteiger partial charge is 0.378 e. The van der Waals surface area contributed by atoms with E-state index >= 15 is 0 Å². The van der Waals surface area contributed by atoms with Crippen LogP contribution in [0.1, 0.15) is 30.0 Å². The lowest BCUT2D eigenvalue weighted by Gasteiger charge is -2.52. The SMILES string of the molecule is CO[C@H]1CN(C2CCN(C(=O)NCc3ccccc3)CC2)[C@H]1c1cccnc1. The predicted octanol–water partition coefficient (Wildman–Crippen LogP) is 2.83. The molecule has 2 amide bonds. The summed E-state index contributed by atoms with van der Waals surface area (Å²) in [7, 11) is 1.78. The number of amides is 2. The number of hydrogen-bond acceptors (Lipinski definition) is 4. The summed E-state index contributed by atoms with van der Waals surface area (Å²) in [6.45, 7) is 3.10. The molecule has 0 spiro atoms. The first-order valence-corrected chi connectivity index (χ1v) is 10.0. The Balaban J connectivity index is 1.29. The van der Waals surface area contributed by atoms with Gasteiger partial charge in [0, 0.05) is 51.7 Å². The third-order valence-corrected chi connectivity index (χ3v) is 5.94. The summed E-state index contributed by atoms with van der Waals surface area (Å²) in [6, 6.07) is 14.9. The molecule has 2 aliphatic heterocycles. The molecule has 1 aromatic heterocycles. The van der Waals surface area contributed by atoms with E-state index in [2.05, 4.69) is 21.3 Å². The number of pyridine rings is 1. The van der Waals surface area contributed by atoms with Crippen LogP contribution in [0.15, 0.2) is 54.9 Å². The first kappa shape index (κ1) is 18.9. The molecule has 2 saturated heterocycles. The molecular formula is C22H28N4O2. The van der Waals surface area contributed by atoms with E-state index in [9.17, 15) is 4.79 Å². The molecule has 0 radical (unpaired) electrons. The van der Waals surface area contributed by atoms with E-state index in [1.807, 2.05) is 47.5 Å². The average Bonchev–Trinajstić information content (AvgIpc) is 2.74. The van der Waals surface area contributed by atoms with E-state index < -0.39 is 0 Å². The van der Waals surface area contributed by atoms with Crippen LogP contribution in [0.5, 0.6) is 0 Å². The van der Waals surface area contributed by atoms with Crippen molar-refractivity contribution in [2.24, 2.45) is 0 Å². The van der Waals surface area contributed by atoms with Crippen LogP contribution in [0.3, 0.4) is 0 Å². The number of likely N-dealkylation sites (tertiary alicyclic amines) is 2. The number of hydrogen-bond donors (Lipinski definition) is 1. The lowest BCUT2D eigenvalue weighted by atomic mass is 9.88. The van der Waals surface area contributed by atoms with Crippen molar-refractivity contribution in [3.63, 3.8) is 0 Å². The lowest BCUT2D eigenvalue weighted by molar-refractivity contribution is -0.115. The number of nitrogens with one attached hydrogen (secondary N) is 1. The fraction of sp³-hybridized carbons (Fsp3) is 0.455. The van der Waals surface area contributed by atoms with Crippen molar-refractivity contribution in [2.75, 3.05) is 26.7 Å². The molecule has 3 heterocycles. The summed E-state index contributed by atoms with van der Waals surface area (Å²) in [4.78, 5) is 21.2. The maximum Gasteiger partial charge on any atom is 0.317 e. The Hall–Kier alpha value is -2.44. The van der Waals surface area contributed by atoms with Gasteiger partial charge in [0.05, 0.1) is 12.1 Å². The second-order valence-corrected chi connectivity index (χ2v) is 7.56. The number of nitrogens with zero attached hydrogens (tertiary/aromatic N) is 3. The van der Waals surface area contributed by atoms with Crippen molar-refractivity contribution >= 4 is 6.03 Å². The molecule has 6 heteroatoms. The Morgan fingerprint density at radius 2 is 1.96 bits per heavy atom. The van der Waals surface area contributed by atoms with Crippen molar-refractivity contribution < 1.29 is 9.53 Å². The van der Waals surface area contributed by atoms with Gasteiger partial charge in [-0.05, 0) is 30.0 Å². The van der Waals surface area contributed by atoms with Crippen LogP contribution in [-0.4, -0.2) is 59.7 Å². The fourth-order valence-electron chi connectivity index (χ4n) is 4.32. The molecule has 2 atom stereocenters. The number of urea groups is 1. The minimum Gasteiger partial charge on any atom is -0.378 e. The summed E-state index contributed by atoms with van der Waals surface area (Å²) in [6.07, 6.45) is 5.95. The molecule has 2 fully saturated rings. The van der Waals surface area contributed by atoms with Crippen molar-refractivity contribution in [3.8, 4) is 0 Å². The molecule has 0 bridgehead atoms. The van der Waals surface area contributed by atoms with Gasteiger partial charge in [-0.3, -0.25) is 9.88 Å². The predicted molar refractivity (Wildman–Crippen MR) is 108 cm³/mol. The number of methoxy groups -OCH3 is 1. The van der Waals surface area contributed by atoms with Gasteiger partial charge < -0.3 is 15.0 Å². The van der Waals surface area contributed by atoms with Gasteiger partial charge in [0.15, 0.2) is 0 Å². The fourth-order valence-corrected chi connectivity index (χ4v) is 4.32. The number of rotatable bonds is 5. The van der Waals surface area contributed by atoms with Crippen molar-refractivity contribution in [1.29, 1.82) is 0 Å². The molecular weight excluding hydrogens is 352 g/mol. The smallest absolute Gasteiger partial charge is 0.317 e. The third-order valence-electron chi connectivity index (χ3n) is 5.94. The Bertz CT molecular complexity index is 763. The van der Waals surface area contributed by atoms with Gasteiger partial charge in [-0.2, -0.15) is 0 Å². The molecule has 2 aliphatic rings. The van der Waals surface area contributed by atoms with E-state index in [1.54, 1.807) is 13.3 Å². The zero-order valence-corrected chi connectivity index (χ0v) is 16.3. The van der Waals surface area contributed by atoms with E-state index in [4.69, 9.17) is 4.74 Å². The second-order valence-electron chi connectivity index (χ2n) is 7.56. The van der Waals surface area contributed by atoms with Gasteiger partial charge >= 0.3 is 6.03 Å². The first-order valence-electron chi connectivity index (χ1n) is 10.0. The quantitative estimate of drug-likeness (QED) is 0.867. The van der Waals surface area contributed by atoms with E-state index in [1.165, 1.54) is 5.56 Å². The summed E-state index contributed by atoms with van der Waals surface area (Å²) < 4.78 is 5.66. The zero-order valence-electron chi connectivity index (χ0n) is 16.3. The number of benzene rings is 1. The molecule has 6 nitrogen and oxygen atoms in total. The third kappa shape index (κ3) is 4.03. The van der Waals surface area contributed by atoms with Crippen molar-refractivity contribution in [2.45, 2.75) is 37.6 Å². The second kappa shape index (κ2) is 8.71. The number of carbonyl (C=O) groups excluding carboxylic acids is 1. The first-order chi connectivity index (χ1) is 13.8. The zero-order chi connectivity index (χ0) is 19.3. The maximum atomic E-state index is 12.5. The molecule has 0 aliphatic carbocycles. The Labute approximate surface area is 166 Å². The molecule has 28 heavy (non-hydrogen) atoms. The van der Waals surface area contributed by atoms with Gasteiger partial charge in [0.2, 0.25) is 0 Å². The van der Waals surface area contributed by atoms with Crippen LogP contribution in [0.2, 0.25) is 0 Å². The molecule has 2 aromatic rings. The molecule has 1 aromatic carbocycles. The molecule has 4 rings (SSSR count).